The molecule has 0 aromatic heterocycles. The Bertz CT molecular complexity index is 372. The van der Waals surface area contributed by atoms with Crippen LogP contribution in [0.4, 0.5) is 22.0 Å². The zero-order valence-electron chi connectivity index (χ0n) is 12.2. The lowest BCUT2D eigenvalue weighted by atomic mass is 10.0. The van der Waals surface area contributed by atoms with Gasteiger partial charge in [-0.05, 0) is 12.8 Å². The fourth-order valence-corrected chi connectivity index (χ4v) is 2.40. The topological polar surface area (TPSA) is 89.4 Å². The van der Waals surface area contributed by atoms with E-state index in [1.807, 2.05) is 0 Å². The average Bonchev–Trinajstić information content (AvgIpc) is 2.38. The lowest BCUT2D eigenvalue weighted by Gasteiger charge is -2.19. The van der Waals surface area contributed by atoms with Gasteiger partial charge >= 0.3 is 0 Å². The first kappa shape index (κ1) is 23.8. The van der Waals surface area contributed by atoms with Crippen molar-refractivity contribution in [2.45, 2.75) is 63.2 Å². The highest BCUT2D eigenvalue weighted by Gasteiger charge is 2.37. The molecule has 136 valence electrons. The van der Waals surface area contributed by atoms with Gasteiger partial charge in [-0.1, -0.05) is 25.7 Å². The molecule has 0 spiro atoms. The summed E-state index contributed by atoms with van der Waals surface area (Å²) in [6.07, 6.45) is -8.70. The van der Waals surface area contributed by atoms with Gasteiger partial charge in [0, 0.05) is 0 Å². The standard InChI is InChI=1S/C12H21F5O3S.H3N/c13-7-5-3-1-2-4-6-9(14)11(16)12(17)10(15)8-21(18,19)20;/h9-12H,1-8H2,(H,18,19,20);1H3. The van der Waals surface area contributed by atoms with Crippen molar-refractivity contribution in [2.24, 2.45) is 0 Å². The van der Waals surface area contributed by atoms with Crippen LogP contribution in [0.5, 0.6) is 0 Å². The highest BCUT2D eigenvalue weighted by Crippen LogP contribution is 2.22. The monoisotopic (exact) mass is 357 g/mol. The average molecular weight is 357 g/mol. The third-order valence-electron chi connectivity index (χ3n) is 2.98. The smallest absolute Gasteiger partial charge is 0.267 e. The van der Waals surface area contributed by atoms with Crippen LogP contribution in [0.2, 0.25) is 0 Å². The molecule has 0 fully saturated rings. The Morgan fingerprint density at radius 1 is 0.818 bits per heavy atom. The Kier molecular flexibility index (Phi) is 13.0. The molecule has 0 aliphatic carbocycles. The van der Waals surface area contributed by atoms with Crippen LogP contribution in [0.3, 0.4) is 0 Å². The van der Waals surface area contributed by atoms with Crippen molar-refractivity contribution >= 4 is 10.1 Å². The van der Waals surface area contributed by atoms with E-state index in [1.165, 1.54) is 0 Å². The van der Waals surface area contributed by atoms with Crippen molar-refractivity contribution < 1.29 is 34.9 Å². The van der Waals surface area contributed by atoms with E-state index in [0.717, 1.165) is 0 Å². The van der Waals surface area contributed by atoms with Gasteiger partial charge < -0.3 is 6.15 Å². The lowest BCUT2D eigenvalue weighted by Crippen LogP contribution is -2.38. The summed E-state index contributed by atoms with van der Waals surface area (Å²) >= 11 is 0. The van der Waals surface area contributed by atoms with Gasteiger partial charge in [-0.15, -0.1) is 0 Å². The molecule has 0 aromatic rings. The molecule has 4 N–H and O–H groups in total. The van der Waals surface area contributed by atoms with Crippen LogP contribution in [0.15, 0.2) is 0 Å². The van der Waals surface area contributed by atoms with Crippen LogP contribution >= 0.6 is 0 Å². The molecule has 4 atom stereocenters. The molecule has 0 bridgehead atoms. The van der Waals surface area contributed by atoms with E-state index in [0.29, 0.717) is 25.7 Å². The van der Waals surface area contributed by atoms with E-state index in [1.54, 1.807) is 0 Å². The fraction of sp³-hybridized carbons (Fsp3) is 1.00. The normalized spacial score (nSPS) is 17.4. The quantitative estimate of drug-likeness (QED) is 0.317. The Morgan fingerprint density at radius 2 is 1.27 bits per heavy atom. The molecule has 10 heteroatoms. The Labute approximate surface area is 127 Å². The summed E-state index contributed by atoms with van der Waals surface area (Å²) in [4.78, 5) is 0. The van der Waals surface area contributed by atoms with Crippen molar-refractivity contribution in [1.82, 2.24) is 6.15 Å². The summed E-state index contributed by atoms with van der Waals surface area (Å²) < 4.78 is 93.8. The second kappa shape index (κ2) is 12.0. The van der Waals surface area contributed by atoms with Gasteiger partial charge in [-0.25, -0.2) is 17.6 Å². The Hall–Kier alpha value is -0.480. The molecule has 0 amide bonds. The number of hydrogen-bond acceptors (Lipinski definition) is 3. The molecule has 0 saturated carbocycles. The first-order valence-electron chi connectivity index (χ1n) is 6.76. The van der Waals surface area contributed by atoms with E-state index in [4.69, 9.17) is 4.55 Å². The number of hydrogen-bond donors (Lipinski definition) is 2. The molecule has 0 radical (unpaired) electrons. The first-order chi connectivity index (χ1) is 9.69. The Morgan fingerprint density at radius 3 is 1.77 bits per heavy atom. The van der Waals surface area contributed by atoms with Crippen LogP contribution in [0.1, 0.15) is 38.5 Å². The van der Waals surface area contributed by atoms with Crippen molar-refractivity contribution in [3.8, 4) is 0 Å². The van der Waals surface area contributed by atoms with Crippen molar-refractivity contribution in [2.75, 3.05) is 12.4 Å². The fourth-order valence-electron chi connectivity index (χ4n) is 1.82. The molecule has 22 heavy (non-hydrogen) atoms. The zero-order chi connectivity index (χ0) is 16.5. The van der Waals surface area contributed by atoms with Gasteiger partial charge in [0.25, 0.3) is 10.1 Å². The molecule has 4 nitrogen and oxygen atoms in total. The van der Waals surface area contributed by atoms with Crippen LogP contribution < -0.4 is 6.15 Å². The molecule has 0 saturated heterocycles. The summed E-state index contributed by atoms with van der Waals surface area (Å²) in [6, 6.07) is 0. The first-order valence-corrected chi connectivity index (χ1v) is 8.37. The van der Waals surface area contributed by atoms with Gasteiger partial charge in [0.05, 0.1) is 6.67 Å². The Balaban J connectivity index is 0. The zero-order valence-corrected chi connectivity index (χ0v) is 13.1. The summed E-state index contributed by atoms with van der Waals surface area (Å²) in [6.45, 7) is -0.437. The van der Waals surface area contributed by atoms with Gasteiger partial charge in [-0.2, -0.15) is 8.42 Å². The minimum Gasteiger partial charge on any atom is -0.344 e. The predicted molar refractivity (Wildman–Crippen MR) is 74.7 cm³/mol. The number of halogens is 5. The van der Waals surface area contributed by atoms with E-state index < -0.39 is 47.2 Å². The SMILES string of the molecule is N.O=S(=O)(O)CC(F)C(F)C(F)C(F)CCCCCCCF. The molecule has 0 heterocycles. The lowest BCUT2D eigenvalue weighted by molar-refractivity contribution is 0.0354. The van der Waals surface area contributed by atoms with Gasteiger partial charge in [0.2, 0.25) is 0 Å². The largest absolute Gasteiger partial charge is 0.344 e. The summed E-state index contributed by atoms with van der Waals surface area (Å²) in [5.41, 5.74) is 0. The third kappa shape index (κ3) is 11.1. The maximum atomic E-state index is 13.4. The molecule has 4 unspecified atom stereocenters. The highest BCUT2D eigenvalue weighted by atomic mass is 32.2. The molecular weight excluding hydrogens is 333 g/mol. The second-order valence-electron chi connectivity index (χ2n) is 4.91. The van der Waals surface area contributed by atoms with E-state index in [-0.39, 0.29) is 19.0 Å². The van der Waals surface area contributed by atoms with Crippen LogP contribution in [-0.4, -0.2) is 50.1 Å². The van der Waals surface area contributed by atoms with Crippen LogP contribution in [-0.2, 0) is 10.1 Å². The van der Waals surface area contributed by atoms with E-state index in [2.05, 4.69) is 0 Å². The molecule has 0 aliphatic heterocycles. The maximum Gasteiger partial charge on any atom is 0.267 e. The third-order valence-corrected chi connectivity index (χ3v) is 3.72. The van der Waals surface area contributed by atoms with Crippen molar-refractivity contribution in [1.29, 1.82) is 0 Å². The summed E-state index contributed by atoms with van der Waals surface area (Å²) in [7, 11) is -4.79. The number of rotatable bonds is 12. The minimum atomic E-state index is -4.79. The van der Waals surface area contributed by atoms with Crippen molar-refractivity contribution in [3.05, 3.63) is 0 Å². The molecular formula is C12H24F5NO3S. The van der Waals surface area contributed by atoms with Gasteiger partial charge in [0.1, 0.15) is 11.9 Å². The molecule has 0 rings (SSSR count). The van der Waals surface area contributed by atoms with E-state index in [9.17, 15) is 30.4 Å². The summed E-state index contributed by atoms with van der Waals surface area (Å²) in [5.74, 6) is -1.61. The number of unbranched alkanes of at least 4 members (excludes halogenated alkanes) is 4. The highest BCUT2D eigenvalue weighted by molar-refractivity contribution is 7.85. The maximum absolute atomic E-state index is 13.4. The second-order valence-corrected chi connectivity index (χ2v) is 6.41. The van der Waals surface area contributed by atoms with Crippen molar-refractivity contribution in [3.63, 3.8) is 0 Å². The minimum absolute atomic E-state index is 0. The van der Waals surface area contributed by atoms with E-state index >= 15 is 0 Å². The van der Waals surface area contributed by atoms with Crippen LogP contribution in [0.25, 0.3) is 0 Å². The van der Waals surface area contributed by atoms with Crippen LogP contribution in [0, 0.1) is 0 Å². The molecule has 0 aromatic carbocycles. The van der Waals surface area contributed by atoms with Gasteiger partial charge in [-0.3, -0.25) is 8.94 Å². The summed E-state index contributed by atoms with van der Waals surface area (Å²) in [5, 5.41) is 0. The predicted octanol–water partition coefficient (Wildman–Crippen LogP) is 3.70. The number of alkyl halides is 5. The van der Waals surface area contributed by atoms with Gasteiger partial charge in [0.15, 0.2) is 18.5 Å². The molecule has 0 aliphatic rings.